The van der Waals surface area contributed by atoms with Gasteiger partial charge in [-0.15, -0.1) is 0 Å². The number of hydrazone groups is 1. The molecular formula is C24H29N3O4. The van der Waals surface area contributed by atoms with Gasteiger partial charge in [-0.25, -0.2) is 5.43 Å². The molecule has 0 aliphatic rings. The summed E-state index contributed by atoms with van der Waals surface area (Å²) < 4.78 is 5.54. The van der Waals surface area contributed by atoms with Crippen molar-refractivity contribution in [2.45, 2.75) is 38.5 Å². The molecule has 2 aromatic carbocycles. The third kappa shape index (κ3) is 9.16. The van der Waals surface area contributed by atoms with Crippen molar-refractivity contribution in [1.82, 2.24) is 5.43 Å². The van der Waals surface area contributed by atoms with Gasteiger partial charge in [0.15, 0.2) is 0 Å². The molecule has 164 valence electrons. The third-order valence-electron chi connectivity index (χ3n) is 4.40. The number of nitrogens with one attached hydrogen (secondary N) is 2. The zero-order valence-corrected chi connectivity index (χ0v) is 17.5. The number of nitrogens with zero attached hydrogens (tertiary/aromatic N) is 1. The summed E-state index contributed by atoms with van der Waals surface area (Å²) in [5.41, 5.74) is 3.71. The van der Waals surface area contributed by atoms with Gasteiger partial charge in [0.2, 0.25) is 11.8 Å². The molecule has 0 saturated heterocycles. The number of anilines is 1. The second kappa shape index (κ2) is 13.6. The van der Waals surface area contributed by atoms with Crippen molar-refractivity contribution < 1.29 is 19.4 Å². The summed E-state index contributed by atoms with van der Waals surface area (Å²) in [5, 5.41) is 16.3. The van der Waals surface area contributed by atoms with Crippen molar-refractivity contribution in [1.29, 1.82) is 0 Å². The van der Waals surface area contributed by atoms with Gasteiger partial charge in [0.1, 0.15) is 18.1 Å². The zero-order valence-electron chi connectivity index (χ0n) is 17.5. The minimum Gasteiger partial charge on any atom is -0.506 e. The summed E-state index contributed by atoms with van der Waals surface area (Å²) in [7, 11) is 0. The van der Waals surface area contributed by atoms with Crippen LogP contribution in [-0.2, 0) is 9.59 Å². The molecule has 2 aromatic rings. The summed E-state index contributed by atoms with van der Waals surface area (Å²) >= 11 is 0. The molecule has 0 saturated carbocycles. The lowest BCUT2D eigenvalue weighted by Gasteiger charge is -2.07. The average Bonchev–Trinajstić information content (AvgIpc) is 2.77. The molecule has 0 aromatic heterocycles. The molecule has 0 bridgehead atoms. The summed E-state index contributed by atoms with van der Waals surface area (Å²) in [5.74, 6) is 0.438. The average molecular weight is 424 g/mol. The highest BCUT2D eigenvalue weighted by Crippen LogP contribution is 2.21. The molecule has 7 heteroatoms. The number of phenols is 1. The van der Waals surface area contributed by atoms with Gasteiger partial charge in [-0.2, -0.15) is 5.10 Å². The Bertz CT molecular complexity index is 896. The fraction of sp³-hybridized carbons (Fsp3) is 0.292. The SMILES string of the molecule is C=CCOc1ccccc1/C=N/NC(=O)CCCCCCC(=O)Nc1ccccc1O. The molecule has 0 spiro atoms. The maximum Gasteiger partial charge on any atom is 0.240 e. The van der Waals surface area contributed by atoms with Gasteiger partial charge in [-0.3, -0.25) is 9.59 Å². The Balaban J connectivity index is 1.58. The Hall–Kier alpha value is -3.61. The van der Waals surface area contributed by atoms with Crippen LogP contribution in [0.1, 0.15) is 44.1 Å². The maximum absolute atomic E-state index is 11.9. The second-order valence-corrected chi connectivity index (χ2v) is 6.91. The lowest BCUT2D eigenvalue weighted by molar-refractivity contribution is -0.121. The highest BCUT2D eigenvalue weighted by Gasteiger charge is 2.06. The molecule has 0 heterocycles. The topological polar surface area (TPSA) is 100 Å². The standard InChI is InChI=1S/C24H29N3O4/c1-2-17-31-22-14-10-7-11-19(22)18-25-27-24(30)16-6-4-3-5-15-23(29)26-20-12-8-9-13-21(20)28/h2,7-14,18,28H,1,3-6,15-17H2,(H,26,29)(H,27,30)/b25-18+. The van der Waals surface area contributed by atoms with Crippen LogP contribution < -0.4 is 15.5 Å². The van der Waals surface area contributed by atoms with E-state index < -0.39 is 0 Å². The Morgan fingerprint density at radius 3 is 2.39 bits per heavy atom. The number of hydrogen-bond donors (Lipinski definition) is 3. The van der Waals surface area contributed by atoms with Crippen molar-refractivity contribution in [3.63, 3.8) is 0 Å². The molecule has 2 amide bonds. The van der Waals surface area contributed by atoms with Crippen molar-refractivity contribution in [2.75, 3.05) is 11.9 Å². The molecular weight excluding hydrogens is 394 g/mol. The van der Waals surface area contributed by atoms with E-state index in [9.17, 15) is 14.7 Å². The number of rotatable bonds is 13. The first-order valence-corrected chi connectivity index (χ1v) is 10.3. The first-order valence-electron chi connectivity index (χ1n) is 10.3. The number of hydrogen-bond acceptors (Lipinski definition) is 5. The smallest absolute Gasteiger partial charge is 0.240 e. The molecule has 7 nitrogen and oxygen atoms in total. The lowest BCUT2D eigenvalue weighted by atomic mass is 10.1. The summed E-state index contributed by atoms with van der Waals surface area (Å²) in [6.45, 7) is 4.02. The van der Waals surface area contributed by atoms with Gasteiger partial charge >= 0.3 is 0 Å². The van der Waals surface area contributed by atoms with Crippen molar-refractivity contribution in [2.24, 2.45) is 5.10 Å². The number of benzene rings is 2. The molecule has 0 unspecified atom stereocenters. The van der Waals surface area contributed by atoms with Gasteiger partial charge in [0.05, 0.1) is 11.9 Å². The van der Waals surface area contributed by atoms with Crippen LogP contribution >= 0.6 is 0 Å². The molecule has 2 rings (SSSR count). The molecule has 0 atom stereocenters. The van der Waals surface area contributed by atoms with Crippen molar-refractivity contribution in [3.8, 4) is 11.5 Å². The number of para-hydroxylation sites is 3. The van der Waals surface area contributed by atoms with E-state index in [0.717, 1.165) is 31.2 Å². The van der Waals surface area contributed by atoms with Crippen LogP contribution in [0.2, 0.25) is 0 Å². The van der Waals surface area contributed by atoms with Crippen LogP contribution in [0, 0.1) is 0 Å². The van der Waals surface area contributed by atoms with E-state index >= 15 is 0 Å². The predicted octanol–water partition coefficient (Wildman–Crippen LogP) is 4.39. The van der Waals surface area contributed by atoms with Gasteiger partial charge in [-0.05, 0) is 37.1 Å². The van der Waals surface area contributed by atoms with Gasteiger partial charge < -0.3 is 15.2 Å². The molecule has 3 N–H and O–H groups in total. The first kappa shape index (κ1) is 23.7. The first-order chi connectivity index (χ1) is 15.1. The maximum atomic E-state index is 11.9. The number of unbranched alkanes of at least 4 members (excludes halogenated alkanes) is 3. The number of amides is 2. The number of ether oxygens (including phenoxy) is 1. The highest BCUT2D eigenvalue weighted by atomic mass is 16.5. The Kier molecular flexibility index (Phi) is 10.4. The van der Waals surface area contributed by atoms with E-state index in [1.165, 1.54) is 6.07 Å². The van der Waals surface area contributed by atoms with E-state index in [4.69, 9.17) is 4.74 Å². The minimum atomic E-state index is -0.155. The number of phenolic OH excluding ortho intramolecular Hbond substituents is 1. The number of carbonyl (C=O) groups is 2. The van der Waals surface area contributed by atoms with Crippen LogP contribution in [0.15, 0.2) is 66.3 Å². The summed E-state index contributed by atoms with van der Waals surface area (Å²) in [6, 6.07) is 14.0. The van der Waals surface area contributed by atoms with Gasteiger partial charge in [-0.1, -0.05) is 49.8 Å². The van der Waals surface area contributed by atoms with Gasteiger partial charge in [0, 0.05) is 18.4 Å². The largest absolute Gasteiger partial charge is 0.506 e. The molecule has 0 radical (unpaired) electrons. The monoisotopic (exact) mass is 423 g/mol. The summed E-state index contributed by atoms with van der Waals surface area (Å²) in [4.78, 5) is 23.8. The van der Waals surface area contributed by atoms with E-state index in [2.05, 4.69) is 22.4 Å². The molecule has 31 heavy (non-hydrogen) atoms. The number of aromatic hydroxyl groups is 1. The Labute approximate surface area is 182 Å². The predicted molar refractivity (Wildman–Crippen MR) is 122 cm³/mol. The van der Waals surface area contributed by atoms with Gasteiger partial charge in [0.25, 0.3) is 0 Å². The van der Waals surface area contributed by atoms with E-state index in [1.807, 2.05) is 24.3 Å². The number of carbonyl (C=O) groups excluding carboxylic acids is 2. The van der Waals surface area contributed by atoms with E-state index in [1.54, 1.807) is 30.5 Å². The van der Waals surface area contributed by atoms with E-state index in [-0.39, 0.29) is 17.6 Å². The summed E-state index contributed by atoms with van der Waals surface area (Å²) in [6.07, 6.45) is 7.10. The molecule has 0 aliphatic carbocycles. The zero-order chi connectivity index (χ0) is 22.3. The molecule has 0 aliphatic heterocycles. The van der Waals surface area contributed by atoms with Crippen LogP contribution in [-0.4, -0.2) is 29.7 Å². The minimum absolute atomic E-state index is 0.0531. The highest BCUT2D eigenvalue weighted by molar-refractivity contribution is 5.92. The third-order valence-corrected chi connectivity index (χ3v) is 4.40. The molecule has 0 fully saturated rings. The van der Waals surface area contributed by atoms with Crippen LogP contribution in [0.3, 0.4) is 0 Å². The van der Waals surface area contributed by atoms with Crippen LogP contribution in [0.25, 0.3) is 0 Å². The van der Waals surface area contributed by atoms with Crippen molar-refractivity contribution in [3.05, 3.63) is 66.7 Å². The lowest BCUT2D eigenvalue weighted by Crippen LogP contribution is -2.17. The van der Waals surface area contributed by atoms with Crippen LogP contribution in [0.4, 0.5) is 5.69 Å². The fourth-order valence-corrected chi connectivity index (χ4v) is 2.81. The second-order valence-electron chi connectivity index (χ2n) is 6.91. The Morgan fingerprint density at radius 2 is 1.65 bits per heavy atom. The Morgan fingerprint density at radius 1 is 0.968 bits per heavy atom. The van der Waals surface area contributed by atoms with Crippen molar-refractivity contribution >= 4 is 23.7 Å². The van der Waals surface area contributed by atoms with E-state index in [0.29, 0.717) is 30.9 Å². The normalized spacial score (nSPS) is 10.6. The fourth-order valence-electron chi connectivity index (χ4n) is 2.81. The quantitative estimate of drug-likeness (QED) is 0.146. The van der Waals surface area contributed by atoms with Crippen LogP contribution in [0.5, 0.6) is 11.5 Å².